The molecule has 0 saturated heterocycles. The molecule has 0 atom stereocenters. The molecule has 0 spiro atoms. The second-order valence-corrected chi connectivity index (χ2v) is 4.94. The second-order valence-electron chi connectivity index (χ2n) is 4.94. The molecule has 4 rings (SSSR count). The van der Waals surface area contributed by atoms with Crippen molar-refractivity contribution in [3.05, 3.63) is 48.2 Å². The highest BCUT2D eigenvalue weighted by Crippen LogP contribution is 2.28. The zero-order valence-corrected chi connectivity index (χ0v) is 11.7. The van der Waals surface area contributed by atoms with Crippen molar-refractivity contribution in [1.82, 2.24) is 14.6 Å². The number of nitrogens with zero attached hydrogens (tertiary/aromatic N) is 3. The van der Waals surface area contributed by atoms with Gasteiger partial charge in [-0.3, -0.25) is 0 Å². The first-order valence-corrected chi connectivity index (χ1v) is 6.64. The third-order valence-corrected chi connectivity index (χ3v) is 3.48. The lowest BCUT2D eigenvalue weighted by atomic mass is 10.2. The summed E-state index contributed by atoms with van der Waals surface area (Å²) in [4.78, 5) is 4.34. The van der Waals surface area contributed by atoms with E-state index in [4.69, 9.17) is 9.15 Å². The van der Waals surface area contributed by atoms with Gasteiger partial charge in [-0.15, -0.1) is 5.10 Å². The number of rotatable bonds is 2. The van der Waals surface area contributed by atoms with E-state index in [1.54, 1.807) is 23.9 Å². The quantitative estimate of drug-likeness (QED) is 0.564. The molecular weight excluding hydrogens is 266 g/mol. The molecule has 1 aromatic carbocycles. The van der Waals surface area contributed by atoms with Crippen LogP contribution in [-0.4, -0.2) is 21.7 Å². The normalized spacial score (nSPS) is 11.3. The Kier molecular flexibility index (Phi) is 2.47. The van der Waals surface area contributed by atoms with Crippen molar-refractivity contribution in [2.45, 2.75) is 6.92 Å². The highest BCUT2D eigenvalue weighted by molar-refractivity contribution is 5.83. The minimum absolute atomic E-state index is 0.536. The highest BCUT2D eigenvalue weighted by Gasteiger charge is 2.13. The number of aromatic nitrogens is 3. The fourth-order valence-electron chi connectivity index (χ4n) is 2.40. The number of hydrogen-bond acceptors (Lipinski definition) is 4. The number of benzene rings is 1. The number of hydrogen-bond donors (Lipinski definition) is 0. The Morgan fingerprint density at radius 1 is 1.14 bits per heavy atom. The third-order valence-electron chi connectivity index (χ3n) is 3.48. The lowest BCUT2D eigenvalue weighted by Gasteiger charge is -2.00. The molecule has 3 aromatic heterocycles. The third kappa shape index (κ3) is 1.86. The fourth-order valence-corrected chi connectivity index (χ4v) is 2.40. The van der Waals surface area contributed by atoms with Crippen LogP contribution >= 0.6 is 0 Å². The van der Waals surface area contributed by atoms with E-state index in [-0.39, 0.29) is 0 Å². The molecular formula is C16H13N3O2. The van der Waals surface area contributed by atoms with Crippen molar-refractivity contribution in [1.29, 1.82) is 0 Å². The maximum Gasteiger partial charge on any atom is 0.231 e. The fraction of sp³-hybridized carbons (Fsp3) is 0.125. The molecule has 0 aliphatic rings. The van der Waals surface area contributed by atoms with Gasteiger partial charge in [-0.2, -0.15) is 0 Å². The molecule has 0 bridgehead atoms. The van der Waals surface area contributed by atoms with Crippen LogP contribution < -0.4 is 4.74 Å². The summed E-state index contributed by atoms with van der Waals surface area (Å²) >= 11 is 0. The number of ether oxygens (including phenoxy) is 1. The van der Waals surface area contributed by atoms with Crippen molar-refractivity contribution in [2.24, 2.45) is 0 Å². The Labute approximate surface area is 120 Å². The van der Waals surface area contributed by atoms with Gasteiger partial charge in [0.1, 0.15) is 11.3 Å². The van der Waals surface area contributed by atoms with Crippen LogP contribution in [-0.2, 0) is 0 Å². The van der Waals surface area contributed by atoms with E-state index < -0.39 is 0 Å². The summed E-state index contributed by atoms with van der Waals surface area (Å²) in [6.45, 7) is 2.04. The van der Waals surface area contributed by atoms with Gasteiger partial charge in [0.2, 0.25) is 5.88 Å². The lowest BCUT2D eigenvalue weighted by Crippen LogP contribution is -1.96. The largest absolute Gasteiger partial charge is 0.480 e. The summed E-state index contributed by atoms with van der Waals surface area (Å²) in [5.74, 6) is 1.28. The molecule has 0 N–H and O–H groups in total. The molecule has 104 valence electrons. The van der Waals surface area contributed by atoms with E-state index in [0.717, 1.165) is 28.1 Å². The van der Waals surface area contributed by atoms with Gasteiger partial charge in [0, 0.05) is 11.5 Å². The summed E-state index contributed by atoms with van der Waals surface area (Å²) < 4.78 is 12.8. The second kappa shape index (κ2) is 4.34. The Morgan fingerprint density at radius 2 is 2.05 bits per heavy atom. The molecule has 0 aliphatic carbocycles. The maximum absolute atomic E-state index is 5.93. The first kappa shape index (κ1) is 12.0. The SMILES string of the molecule is COc1ccc2ncc(-c3cc4ccc(C)cc4o3)n2n1. The van der Waals surface area contributed by atoms with Crippen molar-refractivity contribution in [3.63, 3.8) is 0 Å². The summed E-state index contributed by atoms with van der Waals surface area (Å²) in [7, 11) is 1.59. The lowest BCUT2D eigenvalue weighted by molar-refractivity contribution is 0.390. The van der Waals surface area contributed by atoms with Crippen LogP contribution in [0.3, 0.4) is 0 Å². The van der Waals surface area contributed by atoms with E-state index in [2.05, 4.69) is 22.2 Å². The number of aryl methyl sites for hydroxylation is 1. The number of furan rings is 1. The van der Waals surface area contributed by atoms with Crippen molar-refractivity contribution in [2.75, 3.05) is 7.11 Å². The van der Waals surface area contributed by atoms with Crippen molar-refractivity contribution in [3.8, 4) is 17.3 Å². The standard InChI is InChI=1S/C16H13N3O2/c1-10-3-4-11-8-14(21-13(11)7-10)12-9-17-15-5-6-16(20-2)18-19(12)15/h3-9H,1-2H3. The van der Waals surface area contributed by atoms with Gasteiger partial charge in [-0.1, -0.05) is 12.1 Å². The molecule has 4 aromatic rings. The van der Waals surface area contributed by atoms with Gasteiger partial charge in [0.05, 0.1) is 13.3 Å². The minimum atomic E-state index is 0.536. The molecule has 3 heterocycles. The first-order chi connectivity index (χ1) is 10.2. The topological polar surface area (TPSA) is 52.6 Å². The average Bonchev–Trinajstić information content (AvgIpc) is 3.08. The van der Waals surface area contributed by atoms with Crippen LogP contribution in [0.15, 0.2) is 47.0 Å². The smallest absolute Gasteiger partial charge is 0.231 e. The maximum atomic E-state index is 5.93. The Hall–Kier alpha value is -2.82. The minimum Gasteiger partial charge on any atom is -0.480 e. The molecule has 0 unspecified atom stereocenters. The van der Waals surface area contributed by atoms with Gasteiger partial charge in [-0.25, -0.2) is 9.50 Å². The Morgan fingerprint density at radius 3 is 2.90 bits per heavy atom. The Balaban J connectivity index is 1.94. The van der Waals surface area contributed by atoms with Gasteiger partial charge >= 0.3 is 0 Å². The highest BCUT2D eigenvalue weighted by atomic mass is 16.5. The molecule has 21 heavy (non-hydrogen) atoms. The van der Waals surface area contributed by atoms with Gasteiger partial charge < -0.3 is 9.15 Å². The van der Waals surface area contributed by atoms with Crippen LogP contribution in [0, 0.1) is 6.92 Å². The first-order valence-electron chi connectivity index (χ1n) is 6.64. The zero-order chi connectivity index (χ0) is 14.4. The van der Waals surface area contributed by atoms with Crippen molar-refractivity contribution >= 4 is 16.6 Å². The van der Waals surface area contributed by atoms with Gasteiger partial charge in [0.25, 0.3) is 0 Å². The molecule has 0 radical (unpaired) electrons. The predicted octanol–water partition coefficient (Wildman–Crippen LogP) is 3.46. The number of fused-ring (bicyclic) bond motifs is 2. The summed E-state index contributed by atoms with van der Waals surface area (Å²) in [6.07, 6.45) is 1.76. The summed E-state index contributed by atoms with van der Waals surface area (Å²) in [5.41, 5.74) is 3.59. The number of imidazole rings is 1. The molecule has 0 fully saturated rings. The van der Waals surface area contributed by atoms with Crippen LogP contribution in [0.4, 0.5) is 0 Å². The molecule has 5 nitrogen and oxygen atoms in total. The van der Waals surface area contributed by atoms with Crippen molar-refractivity contribution < 1.29 is 9.15 Å². The van der Waals surface area contributed by atoms with E-state index in [9.17, 15) is 0 Å². The van der Waals surface area contributed by atoms with E-state index >= 15 is 0 Å². The molecule has 0 amide bonds. The zero-order valence-electron chi connectivity index (χ0n) is 11.7. The monoisotopic (exact) mass is 279 g/mol. The molecule has 0 saturated carbocycles. The van der Waals surface area contributed by atoms with Crippen LogP contribution in [0.5, 0.6) is 5.88 Å². The molecule has 5 heteroatoms. The van der Waals surface area contributed by atoms with Gasteiger partial charge in [0.15, 0.2) is 11.4 Å². The summed E-state index contributed by atoms with van der Waals surface area (Å²) in [5, 5.41) is 5.45. The average molecular weight is 279 g/mol. The van der Waals surface area contributed by atoms with Crippen LogP contribution in [0.25, 0.3) is 28.1 Å². The van der Waals surface area contributed by atoms with Crippen LogP contribution in [0.1, 0.15) is 5.56 Å². The van der Waals surface area contributed by atoms with E-state index in [1.165, 1.54) is 5.56 Å². The van der Waals surface area contributed by atoms with E-state index in [0.29, 0.717) is 5.88 Å². The van der Waals surface area contributed by atoms with Gasteiger partial charge in [-0.05, 0) is 30.7 Å². The summed E-state index contributed by atoms with van der Waals surface area (Å²) in [6, 6.07) is 11.8. The predicted molar refractivity (Wildman–Crippen MR) is 79.5 cm³/mol. The van der Waals surface area contributed by atoms with Crippen LogP contribution in [0.2, 0.25) is 0 Å². The Bertz CT molecular complexity index is 953. The van der Waals surface area contributed by atoms with E-state index in [1.807, 2.05) is 25.1 Å². The number of methoxy groups -OCH3 is 1. The molecule has 0 aliphatic heterocycles.